The molecule has 5 aliphatic rings. The fourth-order valence-corrected chi connectivity index (χ4v) is 5.46. The summed E-state index contributed by atoms with van der Waals surface area (Å²) in [6.45, 7) is 0. The van der Waals surface area contributed by atoms with E-state index in [1.807, 2.05) is 97.1 Å². The van der Waals surface area contributed by atoms with Crippen molar-refractivity contribution in [1.29, 1.82) is 0 Å². The van der Waals surface area contributed by atoms with E-state index in [-0.39, 0.29) is 24.5 Å². The molecule has 8 nitrogen and oxygen atoms in total. The van der Waals surface area contributed by atoms with E-state index in [0.717, 1.165) is 44.5 Å². The van der Waals surface area contributed by atoms with E-state index in [0.29, 0.717) is 46.7 Å². The molecule has 5 aliphatic heterocycles. The van der Waals surface area contributed by atoms with Gasteiger partial charge in [-0.1, -0.05) is 104 Å². The van der Waals surface area contributed by atoms with Crippen LogP contribution in [0.5, 0.6) is 0 Å². The molecule has 203 valence electrons. The van der Waals surface area contributed by atoms with Crippen LogP contribution in [0.3, 0.4) is 0 Å². The topological polar surface area (TPSA) is 98.9 Å². The molecule has 9 heteroatoms. The van der Waals surface area contributed by atoms with Crippen molar-refractivity contribution in [2.24, 2.45) is 39.9 Å². The maximum Gasteiger partial charge on any atom is 0.164 e. The van der Waals surface area contributed by atoms with Gasteiger partial charge in [0.15, 0.2) is 46.7 Å². The third-order valence-corrected chi connectivity index (χ3v) is 7.33. The minimum Gasteiger partial charge on any atom is -0.208 e. The molecule has 4 aromatic carbocycles. The molecule has 0 spiro atoms. The molecule has 0 aromatic heterocycles. The van der Waals surface area contributed by atoms with Crippen molar-refractivity contribution in [2.45, 2.75) is 7.43 Å². The Labute approximate surface area is 252 Å². The van der Waals surface area contributed by atoms with Gasteiger partial charge in [-0.3, -0.25) is 0 Å². The van der Waals surface area contributed by atoms with Crippen LogP contribution < -0.4 is 0 Å². The van der Waals surface area contributed by atoms with Crippen molar-refractivity contribution in [2.75, 3.05) is 0 Å². The van der Waals surface area contributed by atoms with Gasteiger partial charge in [0, 0.05) is 61.6 Å². The molecule has 0 amide bonds. The van der Waals surface area contributed by atoms with Crippen LogP contribution in [0.2, 0.25) is 0 Å². The standard InChI is InChI=1S/C32H16N8.CH4.Cu/c1-2-10-18-17(9-1)25-33-26(18)38-28-21-13-5-6-14-22(21)30(35-28)40-32-24-16-8-7-15-23(24)31(36-32)39-29-20-12-4-3-11-19(20)27(34-29)37-25;;/h1-16H;1H4;. The molecule has 0 fully saturated rings. The molecule has 4 aromatic rings. The Hall–Kier alpha value is -5.24. The van der Waals surface area contributed by atoms with Gasteiger partial charge in [-0.05, 0) is 0 Å². The molecule has 0 N–H and O–H groups in total. The van der Waals surface area contributed by atoms with Crippen molar-refractivity contribution in [3.05, 3.63) is 142 Å². The van der Waals surface area contributed by atoms with E-state index in [4.69, 9.17) is 39.9 Å². The van der Waals surface area contributed by atoms with Gasteiger partial charge in [-0.2, -0.15) is 0 Å². The van der Waals surface area contributed by atoms with Crippen molar-refractivity contribution in [3.8, 4) is 0 Å². The second-order valence-corrected chi connectivity index (χ2v) is 9.67. The fourth-order valence-electron chi connectivity index (χ4n) is 5.46. The maximum atomic E-state index is 4.95. The summed E-state index contributed by atoms with van der Waals surface area (Å²) in [6.07, 6.45) is 0. The summed E-state index contributed by atoms with van der Waals surface area (Å²) in [7, 11) is 0. The summed E-state index contributed by atoms with van der Waals surface area (Å²) in [5.41, 5.74) is 7.15. The van der Waals surface area contributed by atoms with Crippen LogP contribution in [0.1, 0.15) is 51.9 Å². The zero-order valence-electron chi connectivity index (χ0n) is 21.1. The Kier molecular flexibility index (Phi) is 5.93. The summed E-state index contributed by atoms with van der Waals surface area (Å²) >= 11 is 0. The van der Waals surface area contributed by atoms with Crippen molar-refractivity contribution < 1.29 is 17.1 Å². The maximum absolute atomic E-state index is 4.95. The van der Waals surface area contributed by atoms with Crippen molar-refractivity contribution in [1.82, 2.24) is 0 Å². The van der Waals surface area contributed by atoms with Crippen LogP contribution in [0, 0.1) is 0 Å². The van der Waals surface area contributed by atoms with Gasteiger partial charge in [0.05, 0.1) is 0 Å². The average Bonchev–Trinajstić information content (AvgIpc) is 3.73. The summed E-state index contributed by atoms with van der Waals surface area (Å²) in [4.78, 5) is 39.3. The predicted octanol–water partition coefficient (Wildman–Crippen LogP) is 5.46. The van der Waals surface area contributed by atoms with E-state index in [1.54, 1.807) is 0 Å². The Bertz CT molecular complexity index is 1790. The second kappa shape index (κ2) is 9.69. The first-order valence-electron chi connectivity index (χ1n) is 12.9. The molecule has 42 heavy (non-hydrogen) atoms. The van der Waals surface area contributed by atoms with Gasteiger partial charge >= 0.3 is 0 Å². The number of fused-ring (bicyclic) bond motifs is 16. The molecular weight excluding hydrogens is 572 g/mol. The molecule has 0 atom stereocenters. The third kappa shape index (κ3) is 3.75. The SMILES string of the molecule is C.[Cu].c1ccc2c(c1)C1=NC2=NC2=NC(=NC3=NC(=NC4=NC(=N1)c1ccccc14)c1ccccc13)c1ccccc12. The third-order valence-electron chi connectivity index (χ3n) is 7.33. The molecule has 5 heterocycles. The van der Waals surface area contributed by atoms with Crippen molar-refractivity contribution in [3.63, 3.8) is 0 Å². The molecule has 0 unspecified atom stereocenters. The van der Waals surface area contributed by atoms with Crippen LogP contribution in [0.15, 0.2) is 137 Å². The summed E-state index contributed by atoms with van der Waals surface area (Å²) < 4.78 is 0. The van der Waals surface area contributed by atoms with E-state index in [9.17, 15) is 0 Å². The number of rotatable bonds is 0. The largest absolute Gasteiger partial charge is 0.208 e. The minimum atomic E-state index is 0. The Morgan fingerprint density at radius 2 is 0.357 bits per heavy atom. The number of hydrogen-bond donors (Lipinski definition) is 0. The van der Waals surface area contributed by atoms with Gasteiger partial charge in [0.25, 0.3) is 0 Å². The number of amidine groups is 8. The first-order chi connectivity index (χ1) is 19.8. The molecular formula is C33H20CuN8. The normalized spacial score (nSPS) is 16.4. The van der Waals surface area contributed by atoms with E-state index >= 15 is 0 Å². The fraction of sp³-hybridized carbons (Fsp3) is 0.0303. The number of hydrogen-bond acceptors (Lipinski definition) is 8. The van der Waals surface area contributed by atoms with Gasteiger partial charge in [0.2, 0.25) is 0 Å². The molecule has 9 rings (SSSR count). The summed E-state index contributed by atoms with van der Waals surface area (Å²) in [6, 6.07) is 31.8. The van der Waals surface area contributed by atoms with E-state index < -0.39 is 0 Å². The van der Waals surface area contributed by atoms with Crippen LogP contribution in [0.4, 0.5) is 0 Å². The zero-order chi connectivity index (χ0) is 26.2. The van der Waals surface area contributed by atoms with Gasteiger partial charge in [-0.15, -0.1) is 0 Å². The number of nitrogens with zero attached hydrogens (tertiary/aromatic N) is 8. The Morgan fingerprint density at radius 3 is 0.476 bits per heavy atom. The van der Waals surface area contributed by atoms with Crippen LogP contribution in [-0.2, 0) is 17.1 Å². The van der Waals surface area contributed by atoms with Crippen LogP contribution >= 0.6 is 0 Å². The molecule has 0 aliphatic carbocycles. The van der Waals surface area contributed by atoms with Crippen LogP contribution in [0.25, 0.3) is 0 Å². The monoisotopic (exact) mass is 591 g/mol. The summed E-state index contributed by atoms with van der Waals surface area (Å²) in [5.74, 6) is 4.42. The predicted molar refractivity (Wildman–Crippen MR) is 165 cm³/mol. The summed E-state index contributed by atoms with van der Waals surface area (Å²) in [5, 5.41) is 0. The molecule has 1 radical (unpaired) electrons. The quantitative estimate of drug-likeness (QED) is 0.243. The Morgan fingerprint density at radius 1 is 0.238 bits per heavy atom. The minimum absolute atomic E-state index is 0. The van der Waals surface area contributed by atoms with Gasteiger partial charge < -0.3 is 0 Å². The van der Waals surface area contributed by atoms with Gasteiger partial charge in [0.1, 0.15) is 0 Å². The van der Waals surface area contributed by atoms with Crippen molar-refractivity contribution >= 4 is 46.7 Å². The molecule has 8 bridgehead atoms. The van der Waals surface area contributed by atoms with Crippen LogP contribution in [-0.4, -0.2) is 46.7 Å². The van der Waals surface area contributed by atoms with E-state index in [2.05, 4.69) is 0 Å². The molecule has 0 saturated heterocycles. The average molecular weight is 592 g/mol. The zero-order valence-corrected chi connectivity index (χ0v) is 22.1. The Balaban J connectivity index is 0.00000144. The smallest absolute Gasteiger partial charge is 0.164 e. The van der Waals surface area contributed by atoms with E-state index in [1.165, 1.54) is 0 Å². The first-order valence-corrected chi connectivity index (χ1v) is 12.9. The second-order valence-electron chi connectivity index (χ2n) is 9.67. The number of benzene rings is 4. The van der Waals surface area contributed by atoms with Gasteiger partial charge in [-0.25, -0.2) is 39.9 Å². The number of aliphatic imine (C=N–C) groups is 8. The first kappa shape index (κ1) is 25.7. The molecule has 0 saturated carbocycles.